The van der Waals surface area contributed by atoms with Crippen molar-refractivity contribution in [3.8, 4) is 0 Å². The highest BCUT2D eigenvalue weighted by atomic mass is 79.9. The van der Waals surface area contributed by atoms with Gasteiger partial charge in [-0.2, -0.15) is 0 Å². The zero-order chi connectivity index (χ0) is 12.1. The molecule has 0 saturated carbocycles. The van der Waals surface area contributed by atoms with Crippen LogP contribution in [0.3, 0.4) is 0 Å². The van der Waals surface area contributed by atoms with Crippen LogP contribution in [0.2, 0.25) is 0 Å². The Morgan fingerprint density at radius 1 is 1.35 bits per heavy atom. The largest absolute Gasteiger partial charge is 0.466 e. The second-order valence-electron chi connectivity index (χ2n) is 3.80. The normalized spacial score (nSPS) is 12.6. The molecule has 0 bridgehead atoms. The van der Waals surface area contributed by atoms with Crippen molar-refractivity contribution >= 4 is 15.9 Å². The van der Waals surface area contributed by atoms with Crippen LogP contribution < -0.4 is 5.32 Å². The fourth-order valence-electron chi connectivity index (χ4n) is 1.72. The molecule has 0 spiro atoms. The molecule has 2 aromatic heterocycles. The zero-order valence-electron chi connectivity index (χ0n) is 9.69. The van der Waals surface area contributed by atoms with Gasteiger partial charge in [-0.25, -0.2) is 0 Å². The summed E-state index contributed by atoms with van der Waals surface area (Å²) in [6.07, 6.45) is 6.38. The van der Waals surface area contributed by atoms with Crippen molar-refractivity contribution in [2.45, 2.75) is 19.4 Å². The molecule has 0 amide bonds. The first-order valence-electron chi connectivity index (χ1n) is 5.69. The van der Waals surface area contributed by atoms with E-state index < -0.39 is 0 Å². The molecule has 2 aromatic rings. The van der Waals surface area contributed by atoms with E-state index in [2.05, 4.69) is 33.2 Å². The quantitative estimate of drug-likeness (QED) is 0.917. The fraction of sp³-hybridized carbons (Fsp3) is 0.308. The number of hydrogen-bond donors (Lipinski definition) is 1. The van der Waals surface area contributed by atoms with Crippen molar-refractivity contribution in [3.63, 3.8) is 0 Å². The molecule has 1 unspecified atom stereocenters. The Balaban J connectivity index is 2.29. The first-order chi connectivity index (χ1) is 8.33. The van der Waals surface area contributed by atoms with Gasteiger partial charge in [0.05, 0.1) is 16.8 Å². The van der Waals surface area contributed by atoms with Gasteiger partial charge in [-0.15, -0.1) is 0 Å². The Labute approximate surface area is 109 Å². The number of halogens is 1. The van der Waals surface area contributed by atoms with Crippen LogP contribution in [0, 0.1) is 0 Å². The fourth-order valence-corrected chi connectivity index (χ4v) is 2.15. The number of aromatic nitrogens is 1. The molecule has 0 aromatic carbocycles. The number of furan rings is 1. The summed E-state index contributed by atoms with van der Waals surface area (Å²) in [6.45, 7) is 3.09. The summed E-state index contributed by atoms with van der Waals surface area (Å²) in [6, 6.07) is 5.99. The van der Waals surface area contributed by atoms with Crippen molar-refractivity contribution in [2.24, 2.45) is 0 Å². The van der Waals surface area contributed by atoms with Crippen molar-refractivity contribution in [3.05, 3.63) is 52.7 Å². The first-order valence-corrected chi connectivity index (χ1v) is 6.48. The van der Waals surface area contributed by atoms with E-state index in [0.717, 1.165) is 28.8 Å². The van der Waals surface area contributed by atoms with Gasteiger partial charge >= 0.3 is 0 Å². The molecule has 2 heterocycles. The lowest BCUT2D eigenvalue weighted by Gasteiger charge is -2.17. The summed E-state index contributed by atoms with van der Waals surface area (Å²) in [5.74, 6) is 0.907. The molecule has 1 atom stereocenters. The molecular formula is C13H15BrN2O. The lowest BCUT2D eigenvalue weighted by Crippen LogP contribution is -2.23. The molecule has 0 aliphatic heterocycles. The molecule has 4 heteroatoms. The average Bonchev–Trinajstić information content (AvgIpc) is 2.78. The van der Waals surface area contributed by atoms with E-state index in [1.807, 2.05) is 18.2 Å². The Morgan fingerprint density at radius 2 is 2.12 bits per heavy atom. The molecule has 3 nitrogen and oxygen atoms in total. The maximum Gasteiger partial charge on any atom is 0.139 e. The summed E-state index contributed by atoms with van der Waals surface area (Å²) >= 11 is 3.51. The highest BCUT2D eigenvalue weighted by Gasteiger charge is 2.18. The van der Waals surface area contributed by atoms with Gasteiger partial charge in [0.1, 0.15) is 5.76 Å². The predicted octanol–water partition coefficient (Wildman–Crippen LogP) is 3.53. The van der Waals surface area contributed by atoms with Crippen LogP contribution >= 0.6 is 15.9 Å². The second kappa shape index (κ2) is 5.98. The van der Waals surface area contributed by atoms with Gasteiger partial charge in [0.2, 0.25) is 0 Å². The maximum absolute atomic E-state index is 5.55. The Hall–Kier alpha value is -1.13. The Bertz CT molecular complexity index is 455. The number of nitrogens with zero attached hydrogens (tertiary/aromatic N) is 1. The van der Waals surface area contributed by atoms with E-state index >= 15 is 0 Å². The van der Waals surface area contributed by atoms with Crippen LogP contribution in [0.25, 0.3) is 0 Å². The van der Waals surface area contributed by atoms with Gasteiger partial charge in [-0.1, -0.05) is 6.92 Å². The van der Waals surface area contributed by atoms with Crippen molar-refractivity contribution in [1.82, 2.24) is 10.3 Å². The highest BCUT2D eigenvalue weighted by Crippen LogP contribution is 2.29. The minimum absolute atomic E-state index is 0.0716. The molecule has 0 radical (unpaired) electrons. The zero-order valence-corrected chi connectivity index (χ0v) is 11.3. The molecule has 0 saturated heterocycles. The summed E-state index contributed by atoms with van der Waals surface area (Å²) in [7, 11) is 0. The molecule has 0 aliphatic carbocycles. The molecule has 90 valence electrons. The number of pyridine rings is 1. The highest BCUT2D eigenvalue weighted by molar-refractivity contribution is 9.10. The molecule has 17 heavy (non-hydrogen) atoms. The van der Waals surface area contributed by atoms with Gasteiger partial charge in [0, 0.05) is 12.4 Å². The van der Waals surface area contributed by atoms with Gasteiger partial charge < -0.3 is 9.73 Å². The van der Waals surface area contributed by atoms with Crippen LogP contribution in [0.15, 0.2) is 45.7 Å². The number of hydrogen-bond acceptors (Lipinski definition) is 3. The van der Waals surface area contributed by atoms with Crippen LogP contribution in [0.1, 0.15) is 30.7 Å². The van der Waals surface area contributed by atoms with Crippen LogP contribution in [-0.2, 0) is 0 Å². The van der Waals surface area contributed by atoms with Crippen LogP contribution in [0.4, 0.5) is 0 Å². The van der Waals surface area contributed by atoms with Crippen LogP contribution in [-0.4, -0.2) is 11.5 Å². The number of rotatable bonds is 5. The molecule has 2 rings (SSSR count). The van der Waals surface area contributed by atoms with E-state index in [4.69, 9.17) is 4.42 Å². The molecular weight excluding hydrogens is 280 g/mol. The minimum Gasteiger partial charge on any atom is -0.466 e. The average molecular weight is 295 g/mol. The van der Waals surface area contributed by atoms with Crippen molar-refractivity contribution in [1.29, 1.82) is 0 Å². The Morgan fingerprint density at radius 3 is 2.71 bits per heavy atom. The third-order valence-corrected chi connectivity index (χ3v) is 3.20. The second-order valence-corrected chi connectivity index (χ2v) is 4.65. The van der Waals surface area contributed by atoms with Crippen LogP contribution in [0.5, 0.6) is 0 Å². The van der Waals surface area contributed by atoms with E-state index in [9.17, 15) is 0 Å². The molecule has 1 N–H and O–H groups in total. The van der Waals surface area contributed by atoms with E-state index in [1.54, 1.807) is 18.7 Å². The predicted molar refractivity (Wildman–Crippen MR) is 70.8 cm³/mol. The van der Waals surface area contributed by atoms with E-state index in [-0.39, 0.29) is 6.04 Å². The van der Waals surface area contributed by atoms with Gasteiger partial charge in [0.25, 0.3) is 0 Å². The summed E-state index contributed by atoms with van der Waals surface area (Å²) in [5, 5.41) is 3.48. The summed E-state index contributed by atoms with van der Waals surface area (Å²) < 4.78 is 6.54. The lowest BCUT2D eigenvalue weighted by molar-refractivity contribution is 0.444. The third kappa shape index (κ3) is 2.96. The topological polar surface area (TPSA) is 38.1 Å². The van der Waals surface area contributed by atoms with Gasteiger partial charge in [-0.3, -0.25) is 4.98 Å². The smallest absolute Gasteiger partial charge is 0.139 e. The van der Waals surface area contributed by atoms with E-state index in [1.165, 1.54) is 0 Å². The third-order valence-electron chi connectivity index (χ3n) is 2.54. The lowest BCUT2D eigenvalue weighted by atomic mass is 10.1. The first kappa shape index (κ1) is 12.3. The Kier molecular flexibility index (Phi) is 4.34. The van der Waals surface area contributed by atoms with E-state index in [0.29, 0.717) is 0 Å². The van der Waals surface area contributed by atoms with Gasteiger partial charge in [0.15, 0.2) is 0 Å². The minimum atomic E-state index is 0.0716. The van der Waals surface area contributed by atoms with Gasteiger partial charge in [-0.05, 0) is 52.7 Å². The summed E-state index contributed by atoms with van der Waals surface area (Å²) in [5.41, 5.74) is 1.16. The summed E-state index contributed by atoms with van der Waals surface area (Å²) in [4.78, 5) is 4.04. The molecule has 0 aliphatic rings. The number of nitrogens with one attached hydrogen (secondary N) is 1. The monoisotopic (exact) mass is 294 g/mol. The van der Waals surface area contributed by atoms with Crippen molar-refractivity contribution < 1.29 is 4.42 Å². The standard InChI is InChI=1S/C13H15BrN2O/c1-2-6-16-12(10-3-7-15-8-4-10)13-11(14)5-9-17-13/h3-5,7-9,12,16H,2,6H2,1H3. The molecule has 0 fully saturated rings. The maximum atomic E-state index is 5.55. The SMILES string of the molecule is CCCNC(c1ccncc1)c1occc1Br. The van der Waals surface area contributed by atoms with Crippen molar-refractivity contribution in [2.75, 3.05) is 6.54 Å².